The molecule has 0 aliphatic carbocycles. The van der Waals surface area contributed by atoms with Crippen LogP contribution in [-0.2, 0) is 64.0 Å². The van der Waals surface area contributed by atoms with Crippen molar-refractivity contribution in [2.24, 2.45) is 40.4 Å². The van der Waals surface area contributed by atoms with Crippen LogP contribution in [0.4, 0.5) is 0 Å². The molecule has 0 unspecified atom stereocenters. The number of pyridine rings is 1. The number of nitrogens with one attached hydrogen (secondary N) is 13. The molecule has 1 aromatic heterocycles. The van der Waals surface area contributed by atoms with Crippen LogP contribution < -0.4 is 81.0 Å². The fourth-order valence-electron chi connectivity index (χ4n) is 9.78. The minimum absolute atomic E-state index is 0.00967. The zero-order chi connectivity index (χ0) is 70.9. The lowest BCUT2D eigenvalue weighted by Crippen LogP contribution is -2.65. The molecule has 1 saturated heterocycles. The van der Waals surface area contributed by atoms with E-state index in [4.69, 9.17) is 22.6 Å². The predicted octanol–water partition coefficient (Wildman–Crippen LogP) is -5.67. The number of carbonyl (C=O) groups is 12. The van der Waals surface area contributed by atoms with Crippen molar-refractivity contribution in [1.29, 1.82) is 5.41 Å². The summed E-state index contributed by atoms with van der Waals surface area (Å²) in [5, 5.41) is 81.3. The molecule has 1 fully saturated rings. The van der Waals surface area contributed by atoms with E-state index in [0.717, 1.165) is 6.92 Å². The fraction of sp³-hybridized carbons (Fsp3) is 0.607. The van der Waals surface area contributed by atoms with Crippen molar-refractivity contribution in [1.82, 2.24) is 68.8 Å². The Morgan fingerprint density at radius 1 is 0.681 bits per heavy atom. The van der Waals surface area contributed by atoms with Gasteiger partial charge in [0.25, 0.3) is 0 Å². The third-order valence-corrected chi connectivity index (χ3v) is 15.2. The molecule has 94 heavy (non-hydrogen) atoms. The van der Waals surface area contributed by atoms with Crippen LogP contribution in [0.3, 0.4) is 0 Å². The van der Waals surface area contributed by atoms with Crippen LogP contribution in [0.25, 0.3) is 0 Å². The Hall–Kier alpha value is -8.92. The highest BCUT2D eigenvalue weighted by molar-refractivity contribution is 6.01. The molecular weight excluding hydrogens is 1230 g/mol. The number of aliphatic hydroxyl groups excluding tert-OH is 4. The summed E-state index contributed by atoms with van der Waals surface area (Å²) in [6.45, 7) is 13.9. The number of primary amides is 1. The average Bonchev–Trinajstić information content (AvgIpc) is 0.965. The second-order valence-corrected chi connectivity index (χ2v) is 25.2. The maximum atomic E-state index is 15.5. The van der Waals surface area contributed by atoms with Gasteiger partial charge in [0.2, 0.25) is 70.9 Å². The summed E-state index contributed by atoms with van der Waals surface area (Å²) in [5.74, 6) is -16.8. The van der Waals surface area contributed by atoms with Gasteiger partial charge in [-0.25, -0.2) is 0 Å². The first-order valence-corrected chi connectivity index (χ1v) is 31.0. The van der Waals surface area contributed by atoms with E-state index >= 15 is 9.59 Å². The summed E-state index contributed by atoms with van der Waals surface area (Å²) in [6, 6.07) is -7.80. The quantitative estimate of drug-likeness (QED) is 0.0297. The van der Waals surface area contributed by atoms with Crippen molar-refractivity contribution in [3.05, 3.63) is 66.0 Å². The molecule has 0 spiro atoms. The Balaban J connectivity index is 2.44. The molecular formula is C61H97N17O16. The van der Waals surface area contributed by atoms with E-state index in [1.54, 1.807) is 52.0 Å². The Labute approximate surface area is 545 Å². The van der Waals surface area contributed by atoms with Crippen molar-refractivity contribution in [3.8, 4) is 0 Å². The molecule has 1 aromatic carbocycles. The molecule has 0 saturated carbocycles. The summed E-state index contributed by atoms with van der Waals surface area (Å²) in [6.07, 6.45) is -4.92. The Bertz CT molecular complexity index is 2940. The molecule has 2 aromatic rings. The number of aromatic nitrogens is 1. The SMILES string of the molecule is CC[C@H](C)[C@@H]1NC(=O)[C@@H](CCCNC(=N)N)NC(=O)[C@H](CC(C)C)NC(=O)[C@H]([C@H](O)C(C)C)NC(=O)[C@@H](NC(=O)[C@H](Cc2ccccn2)NC(=O)[C@H](N)CC(C)(C)C)[C@@H](c2ccccc2)NC(=O)[C@H](CO)NC(=O)[C@H]([C@H](O)C(N)=O)NC(=O)CNC(=O)[C@H]([C@H](C)O)NC1=O. The molecule has 0 bridgehead atoms. The number of carbonyl (C=O) groups excluding carboxylic acids is 12. The molecule has 1 aliphatic rings. The van der Waals surface area contributed by atoms with E-state index < -0.39 is 198 Å². The molecule has 1 aliphatic heterocycles. The second kappa shape index (κ2) is 37.7. The number of benzene rings is 1. The fourth-order valence-corrected chi connectivity index (χ4v) is 9.78. The Morgan fingerprint density at radius 2 is 1.24 bits per heavy atom. The molecule has 23 N–H and O–H groups in total. The van der Waals surface area contributed by atoms with Gasteiger partial charge in [-0.15, -0.1) is 0 Å². The zero-order valence-corrected chi connectivity index (χ0v) is 54.7. The number of hydrogen-bond acceptors (Lipinski definition) is 19. The highest BCUT2D eigenvalue weighted by atomic mass is 16.3. The van der Waals surface area contributed by atoms with Gasteiger partial charge < -0.3 is 101 Å². The van der Waals surface area contributed by atoms with Crippen molar-refractivity contribution in [2.75, 3.05) is 19.7 Å². The van der Waals surface area contributed by atoms with Crippen molar-refractivity contribution in [3.63, 3.8) is 0 Å². The molecule has 33 nitrogen and oxygen atoms in total. The minimum atomic E-state index is -2.57. The second-order valence-electron chi connectivity index (χ2n) is 25.2. The number of rotatable bonds is 22. The van der Waals surface area contributed by atoms with Crippen LogP contribution in [-0.4, -0.2) is 201 Å². The van der Waals surface area contributed by atoms with Gasteiger partial charge in [0.1, 0.15) is 54.4 Å². The number of nitrogens with zero attached hydrogens (tertiary/aromatic N) is 1. The van der Waals surface area contributed by atoms with Gasteiger partial charge in [-0.05, 0) is 73.5 Å². The van der Waals surface area contributed by atoms with Gasteiger partial charge in [0.15, 0.2) is 12.1 Å². The largest absolute Gasteiger partial charge is 0.394 e. The number of amides is 12. The standard InChI is InChI=1S/C61H97N17O16/c1-11-31(6)41-56(91)75-42(32(7)80)55(90)68-27-40(81)73-46(48(83)49(63)84)59(94)72-39(28-79)54(89)76-43(33-18-13-12-14-19-33)44(77-53(88)38(25-34-20-15-16-22-66-34)70-50(85)35(62)26-61(8,9)10)57(92)78-45(47(82)30(4)5)58(93)71-37(24-29(2)3)52(87)69-36(51(86)74-41)21-17-23-67-60(64)65/h12-16,18-20,22,29-32,35-39,41-48,79-80,82-83H,11,17,21,23-28,62H2,1-10H3,(H2,63,84)(H,68,90)(H,69,87)(H,70,85)(H,71,93)(H,72,94)(H,73,81)(H,74,86)(H,75,91)(H,76,89)(H,77,88)(H,78,92)(H4,64,65,67)/t31-,32-,35+,36+,37-,38-,39-,41-,42-,43+,44-,45-,46-,47+,48-/m0/s1. The number of nitrogens with two attached hydrogens (primary N) is 3. The van der Waals surface area contributed by atoms with Crippen LogP contribution in [0, 0.1) is 28.6 Å². The molecule has 33 heteroatoms. The molecule has 12 amide bonds. The van der Waals surface area contributed by atoms with Gasteiger partial charge in [-0.3, -0.25) is 67.9 Å². The lowest BCUT2D eigenvalue weighted by molar-refractivity contribution is -0.140. The first-order valence-electron chi connectivity index (χ1n) is 31.0. The summed E-state index contributed by atoms with van der Waals surface area (Å²) in [5.41, 5.74) is 17.0. The van der Waals surface area contributed by atoms with Crippen LogP contribution in [0.15, 0.2) is 54.7 Å². The number of guanidine groups is 1. The van der Waals surface area contributed by atoms with Crippen molar-refractivity contribution < 1.29 is 78.0 Å². The predicted molar refractivity (Wildman–Crippen MR) is 341 cm³/mol. The van der Waals surface area contributed by atoms with Crippen molar-refractivity contribution >= 4 is 76.8 Å². The van der Waals surface area contributed by atoms with Crippen LogP contribution >= 0.6 is 0 Å². The van der Waals surface area contributed by atoms with E-state index in [-0.39, 0.29) is 56.3 Å². The lowest BCUT2D eigenvalue weighted by Gasteiger charge is -2.34. The molecule has 15 atom stereocenters. The van der Waals surface area contributed by atoms with Gasteiger partial charge in [0.05, 0.1) is 37.4 Å². The highest BCUT2D eigenvalue weighted by Gasteiger charge is 2.43. The first-order chi connectivity index (χ1) is 44.0. The normalized spacial score (nSPS) is 24.2. The topological polar surface area (TPSA) is 545 Å². The molecule has 522 valence electrons. The average molecular weight is 1320 g/mol. The molecule has 0 radical (unpaired) electrons. The number of hydrogen-bond donors (Lipinski definition) is 20. The molecule has 3 rings (SSSR count). The lowest BCUT2D eigenvalue weighted by atomic mass is 9.88. The third kappa shape index (κ3) is 25.5. The minimum Gasteiger partial charge on any atom is -0.394 e. The van der Waals surface area contributed by atoms with Gasteiger partial charge in [-0.2, -0.15) is 0 Å². The summed E-state index contributed by atoms with van der Waals surface area (Å²) in [7, 11) is 0. The zero-order valence-electron chi connectivity index (χ0n) is 54.7. The van der Waals surface area contributed by atoms with Gasteiger partial charge >= 0.3 is 0 Å². The maximum absolute atomic E-state index is 15.5. The smallest absolute Gasteiger partial charge is 0.248 e. The first kappa shape index (κ1) is 79.3. The summed E-state index contributed by atoms with van der Waals surface area (Å²) in [4.78, 5) is 176. The van der Waals surface area contributed by atoms with Crippen LogP contribution in [0.5, 0.6) is 0 Å². The monoisotopic (exact) mass is 1320 g/mol. The highest BCUT2D eigenvalue weighted by Crippen LogP contribution is 2.22. The number of aliphatic hydroxyl groups is 4. The summed E-state index contributed by atoms with van der Waals surface area (Å²) < 4.78 is 0. The molecule has 2 heterocycles. The van der Waals surface area contributed by atoms with E-state index in [9.17, 15) is 68.4 Å². The van der Waals surface area contributed by atoms with Gasteiger partial charge in [-0.1, -0.05) is 105 Å². The van der Waals surface area contributed by atoms with Crippen molar-refractivity contribution in [2.45, 2.75) is 193 Å². The summed E-state index contributed by atoms with van der Waals surface area (Å²) >= 11 is 0. The van der Waals surface area contributed by atoms with E-state index in [1.807, 2.05) is 26.1 Å². The van der Waals surface area contributed by atoms with E-state index in [1.165, 1.54) is 44.3 Å². The van der Waals surface area contributed by atoms with Crippen LogP contribution in [0.1, 0.15) is 119 Å². The maximum Gasteiger partial charge on any atom is 0.248 e. The van der Waals surface area contributed by atoms with Crippen LogP contribution in [0.2, 0.25) is 0 Å². The van der Waals surface area contributed by atoms with E-state index in [0.29, 0.717) is 0 Å². The third-order valence-electron chi connectivity index (χ3n) is 15.2. The van der Waals surface area contributed by atoms with E-state index in [2.05, 4.69) is 63.5 Å². The Morgan fingerprint density at radius 3 is 1.80 bits per heavy atom. The van der Waals surface area contributed by atoms with Gasteiger partial charge in [0, 0.05) is 24.9 Å². The Kier molecular flexibility index (Phi) is 31.8.